The number of imidazole rings is 1. The van der Waals surface area contributed by atoms with Gasteiger partial charge in [0.05, 0.1) is 42.9 Å². The molecule has 1 aromatic carbocycles. The number of hydrogen-bond donors (Lipinski definition) is 3. The van der Waals surface area contributed by atoms with E-state index in [0.717, 1.165) is 31.9 Å². The topological polar surface area (TPSA) is 126 Å². The summed E-state index contributed by atoms with van der Waals surface area (Å²) in [4.78, 5) is 39.8. The van der Waals surface area contributed by atoms with E-state index in [1.165, 1.54) is 15.9 Å². The summed E-state index contributed by atoms with van der Waals surface area (Å²) in [6, 6.07) is 7.39. The van der Waals surface area contributed by atoms with Crippen LogP contribution in [-0.2, 0) is 4.74 Å². The average Bonchev–Trinajstić information content (AvgIpc) is 3.51. The number of fused-ring (bicyclic) bond motifs is 1. The number of nitrogens with one attached hydrogen (secondary N) is 3. The van der Waals surface area contributed by atoms with Crippen LogP contribution in [0.25, 0.3) is 16.2 Å². The highest BCUT2D eigenvalue weighted by Gasteiger charge is 2.34. The Bertz CT molecular complexity index is 1500. The van der Waals surface area contributed by atoms with Crippen LogP contribution in [0, 0.1) is 5.41 Å². The SMILES string of the molecule is CC1(COc2cccc3c2[nH]c(=O)n3-c2nc(C(=O)Nc3cnccc3N3CCNCC3)cs2)COC1. The number of rotatable bonds is 7. The maximum absolute atomic E-state index is 13.1. The fourth-order valence-corrected chi connectivity index (χ4v) is 5.34. The van der Waals surface area contributed by atoms with Crippen molar-refractivity contribution in [2.24, 2.45) is 5.41 Å². The minimum atomic E-state index is -0.361. The molecule has 0 atom stereocenters. The molecule has 2 aliphatic heterocycles. The van der Waals surface area contributed by atoms with Gasteiger partial charge in [-0.1, -0.05) is 13.0 Å². The van der Waals surface area contributed by atoms with Crippen LogP contribution in [-0.4, -0.2) is 71.4 Å². The molecule has 1 amide bonds. The Morgan fingerprint density at radius 1 is 1.27 bits per heavy atom. The molecule has 0 spiro atoms. The summed E-state index contributed by atoms with van der Waals surface area (Å²) in [6.07, 6.45) is 3.36. The fourth-order valence-electron chi connectivity index (χ4n) is 4.52. The Kier molecular flexibility index (Phi) is 6.14. The van der Waals surface area contributed by atoms with E-state index in [2.05, 4.69) is 37.4 Å². The molecule has 2 fully saturated rings. The molecule has 4 aromatic rings. The monoisotopic (exact) mass is 521 g/mol. The zero-order valence-electron chi connectivity index (χ0n) is 20.3. The van der Waals surface area contributed by atoms with E-state index in [-0.39, 0.29) is 22.7 Å². The predicted molar refractivity (Wildman–Crippen MR) is 141 cm³/mol. The number of thiazole rings is 1. The van der Waals surface area contributed by atoms with E-state index in [1.807, 2.05) is 24.3 Å². The van der Waals surface area contributed by atoms with Gasteiger partial charge in [0.15, 0.2) is 5.13 Å². The number of ether oxygens (including phenoxy) is 2. The highest BCUT2D eigenvalue weighted by atomic mass is 32.1. The van der Waals surface area contributed by atoms with Gasteiger partial charge in [0.25, 0.3) is 5.91 Å². The summed E-state index contributed by atoms with van der Waals surface area (Å²) in [5.41, 5.74) is 2.62. The number of piperazine rings is 1. The van der Waals surface area contributed by atoms with Crippen molar-refractivity contribution in [2.45, 2.75) is 6.92 Å². The second-order valence-corrected chi connectivity index (χ2v) is 10.4. The van der Waals surface area contributed by atoms with Gasteiger partial charge in [-0.2, -0.15) is 0 Å². The molecule has 0 bridgehead atoms. The number of carbonyl (C=O) groups excluding carboxylic acids is 1. The van der Waals surface area contributed by atoms with Crippen molar-refractivity contribution in [3.63, 3.8) is 0 Å². The Balaban J connectivity index is 1.24. The van der Waals surface area contributed by atoms with Gasteiger partial charge in [-0.05, 0) is 18.2 Å². The van der Waals surface area contributed by atoms with Gasteiger partial charge in [0.1, 0.15) is 17.0 Å². The number of amides is 1. The number of carbonyl (C=O) groups is 1. The van der Waals surface area contributed by atoms with E-state index in [1.54, 1.807) is 17.8 Å². The normalized spacial score (nSPS) is 16.9. The number of H-pyrrole nitrogens is 1. The molecule has 192 valence electrons. The number of nitrogens with zero attached hydrogens (tertiary/aromatic N) is 4. The maximum atomic E-state index is 13.1. The van der Waals surface area contributed by atoms with Crippen molar-refractivity contribution in [3.8, 4) is 10.9 Å². The van der Waals surface area contributed by atoms with Gasteiger partial charge >= 0.3 is 5.69 Å². The Labute approximate surface area is 216 Å². The van der Waals surface area contributed by atoms with Crippen molar-refractivity contribution in [3.05, 3.63) is 58.2 Å². The second-order valence-electron chi connectivity index (χ2n) is 9.61. The summed E-state index contributed by atoms with van der Waals surface area (Å²) in [6.45, 7) is 7.35. The van der Waals surface area contributed by atoms with E-state index < -0.39 is 0 Å². The highest BCUT2D eigenvalue weighted by molar-refractivity contribution is 7.12. The van der Waals surface area contributed by atoms with Crippen molar-refractivity contribution in [1.82, 2.24) is 24.8 Å². The van der Waals surface area contributed by atoms with Crippen LogP contribution in [0.1, 0.15) is 17.4 Å². The Morgan fingerprint density at radius 2 is 2.11 bits per heavy atom. The molecule has 0 unspecified atom stereocenters. The van der Waals surface area contributed by atoms with Gasteiger partial charge < -0.3 is 30.0 Å². The van der Waals surface area contributed by atoms with Crippen molar-refractivity contribution in [2.75, 3.05) is 56.2 Å². The second kappa shape index (κ2) is 9.61. The number of hydrogen-bond acceptors (Lipinski definition) is 9. The lowest BCUT2D eigenvalue weighted by atomic mass is 9.90. The first-order valence-electron chi connectivity index (χ1n) is 12.1. The molecule has 11 nitrogen and oxygen atoms in total. The predicted octanol–water partition coefficient (Wildman–Crippen LogP) is 2.25. The van der Waals surface area contributed by atoms with Crippen LogP contribution in [0.3, 0.4) is 0 Å². The summed E-state index contributed by atoms with van der Waals surface area (Å²) in [7, 11) is 0. The number of anilines is 2. The highest BCUT2D eigenvalue weighted by Crippen LogP contribution is 2.31. The number of aromatic nitrogens is 4. The molecule has 12 heteroatoms. The summed E-state index contributed by atoms with van der Waals surface area (Å²) < 4.78 is 12.8. The minimum Gasteiger partial charge on any atom is -0.491 e. The molecule has 0 saturated carbocycles. The lowest BCUT2D eigenvalue weighted by molar-refractivity contribution is -0.120. The number of aromatic amines is 1. The molecular weight excluding hydrogens is 494 g/mol. The molecule has 5 heterocycles. The summed E-state index contributed by atoms with van der Waals surface area (Å²) >= 11 is 1.22. The smallest absolute Gasteiger partial charge is 0.333 e. The van der Waals surface area contributed by atoms with Crippen LogP contribution in [0.5, 0.6) is 5.75 Å². The largest absolute Gasteiger partial charge is 0.491 e. The van der Waals surface area contributed by atoms with E-state index in [4.69, 9.17) is 9.47 Å². The minimum absolute atomic E-state index is 0.0262. The fraction of sp³-hybridized carbons (Fsp3) is 0.360. The number of para-hydroxylation sites is 1. The maximum Gasteiger partial charge on any atom is 0.333 e. The Morgan fingerprint density at radius 3 is 2.89 bits per heavy atom. The third-order valence-corrected chi connectivity index (χ3v) is 7.40. The summed E-state index contributed by atoms with van der Waals surface area (Å²) in [5.74, 6) is 0.229. The molecule has 2 saturated heterocycles. The van der Waals surface area contributed by atoms with E-state index in [0.29, 0.717) is 47.4 Å². The molecule has 3 N–H and O–H groups in total. The van der Waals surface area contributed by atoms with Crippen molar-refractivity contribution in [1.29, 1.82) is 0 Å². The lowest BCUT2D eigenvalue weighted by Crippen LogP contribution is -2.44. The molecular formula is C25H27N7O4S. The third-order valence-electron chi connectivity index (χ3n) is 6.58. The van der Waals surface area contributed by atoms with Gasteiger partial charge in [-0.15, -0.1) is 11.3 Å². The molecule has 3 aromatic heterocycles. The number of benzene rings is 1. The average molecular weight is 522 g/mol. The van der Waals surface area contributed by atoms with Gasteiger partial charge in [-0.3, -0.25) is 9.78 Å². The van der Waals surface area contributed by atoms with Crippen molar-refractivity contribution < 1.29 is 14.3 Å². The number of pyridine rings is 1. The van der Waals surface area contributed by atoms with Crippen LogP contribution >= 0.6 is 11.3 Å². The molecule has 6 rings (SSSR count). The third kappa shape index (κ3) is 4.59. The standard InChI is InChI=1S/C25H27N7O4S/c1-25(13-35-14-25)15-36-20-4-2-3-19-21(20)30-23(34)32(19)24-29-17(12-37-24)22(33)28-16-11-27-6-5-18(16)31-9-7-26-8-10-31/h2-6,11-12,26H,7-10,13-15H2,1H3,(H,28,33)(H,30,34). The van der Waals surface area contributed by atoms with Gasteiger partial charge in [0.2, 0.25) is 0 Å². The molecule has 0 radical (unpaired) electrons. The van der Waals surface area contributed by atoms with E-state index in [9.17, 15) is 9.59 Å². The zero-order valence-corrected chi connectivity index (χ0v) is 21.1. The lowest BCUT2D eigenvalue weighted by Gasteiger charge is -2.37. The first-order valence-corrected chi connectivity index (χ1v) is 13.0. The molecule has 2 aliphatic rings. The van der Waals surface area contributed by atoms with Crippen LogP contribution in [0.2, 0.25) is 0 Å². The first-order chi connectivity index (χ1) is 18.0. The van der Waals surface area contributed by atoms with Crippen LogP contribution in [0.15, 0.2) is 46.8 Å². The first kappa shape index (κ1) is 23.6. The van der Waals surface area contributed by atoms with E-state index >= 15 is 0 Å². The quantitative estimate of drug-likeness (QED) is 0.338. The zero-order chi connectivity index (χ0) is 25.4. The molecule has 37 heavy (non-hydrogen) atoms. The van der Waals surface area contributed by atoms with Gasteiger partial charge in [0, 0.05) is 43.2 Å². The van der Waals surface area contributed by atoms with Crippen LogP contribution < -0.4 is 26.0 Å². The van der Waals surface area contributed by atoms with Gasteiger partial charge in [-0.25, -0.2) is 14.3 Å². The Hall–Kier alpha value is -3.74. The van der Waals surface area contributed by atoms with Crippen molar-refractivity contribution >= 4 is 39.7 Å². The summed E-state index contributed by atoms with van der Waals surface area (Å²) in [5, 5.41) is 8.31. The van der Waals surface area contributed by atoms with Crippen LogP contribution in [0.4, 0.5) is 11.4 Å². The molecule has 0 aliphatic carbocycles.